The molecular weight excluding hydrogens is 239 g/mol. The number of unbranched alkanes of at least 4 members (excludes halogenated alkanes) is 1. The van der Waals surface area contributed by atoms with Crippen LogP contribution < -0.4 is 5.32 Å². The number of non-ortho nitro benzene ring substituents is 1. The summed E-state index contributed by atoms with van der Waals surface area (Å²) in [5, 5.41) is 13.2. The zero-order valence-corrected chi connectivity index (χ0v) is 10.3. The second-order valence-electron chi connectivity index (χ2n) is 3.99. The normalized spacial score (nSPS) is 10.2. The van der Waals surface area contributed by atoms with Gasteiger partial charge in [0.2, 0.25) is 0 Å². The number of amides is 1. The maximum Gasteiger partial charge on any atom is 0.270 e. The number of hydrogen-bond acceptors (Lipinski definition) is 3. The van der Waals surface area contributed by atoms with E-state index in [1.165, 1.54) is 6.92 Å². The van der Waals surface area contributed by atoms with Gasteiger partial charge in [0.05, 0.1) is 10.5 Å². The third kappa shape index (κ3) is 3.26. The highest BCUT2D eigenvalue weighted by Crippen LogP contribution is 2.20. The molecule has 0 bridgehead atoms. The van der Waals surface area contributed by atoms with Crippen molar-refractivity contribution in [3.63, 3.8) is 0 Å². The molecule has 1 rings (SSSR count). The van der Waals surface area contributed by atoms with Gasteiger partial charge in [0.15, 0.2) is 0 Å². The third-order valence-electron chi connectivity index (χ3n) is 2.51. The topological polar surface area (TPSA) is 72.2 Å². The number of benzene rings is 1. The molecule has 0 atom stereocenters. The Kier molecular flexibility index (Phi) is 4.76. The fourth-order valence-electron chi connectivity index (χ4n) is 1.50. The summed E-state index contributed by atoms with van der Waals surface area (Å²) in [6.07, 6.45) is 1.68. The molecule has 1 amide bonds. The van der Waals surface area contributed by atoms with Crippen molar-refractivity contribution in [2.45, 2.75) is 26.7 Å². The zero-order chi connectivity index (χ0) is 13.7. The van der Waals surface area contributed by atoms with Gasteiger partial charge in [-0.25, -0.2) is 4.39 Å². The summed E-state index contributed by atoms with van der Waals surface area (Å²) in [5.74, 6) is -1.33. The lowest BCUT2D eigenvalue weighted by molar-refractivity contribution is -0.385. The van der Waals surface area contributed by atoms with Gasteiger partial charge in [-0.1, -0.05) is 13.3 Å². The van der Waals surface area contributed by atoms with Crippen molar-refractivity contribution in [3.8, 4) is 0 Å². The summed E-state index contributed by atoms with van der Waals surface area (Å²) in [6.45, 7) is 3.78. The first-order valence-electron chi connectivity index (χ1n) is 5.70. The molecule has 1 aromatic rings. The van der Waals surface area contributed by atoms with Crippen LogP contribution in [0.2, 0.25) is 0 Å². The second-order valence-corrected chi connectivity index (χ2v) is 3.99. The van der Waals surface area contributed by atoms with Crippen LogP contribution in [-0.2, 0) is 0 Å². The molecule has 1 N–H and O–H groups in total. The molecule has 0 aliphatic rings. The molecule has 0 radical (unpaired) electrons. The van der Waals surface area contributed by atoms with Crippen LogP contribution in [0.3, 0.4) is 0 Å². The Morgan fingerprint density at radius 1 is 1.50 bits per heavy atom. The smallest absolute Gasteiger partial charge is 0.270 e. The van der Waals surface area contributed by atoms with Gasteiger partial charge in [0.25, 0.3) is 11.6 Å². The van der Waals surface area contributed by atoms with E-state index in [1.54, 1.807) is 0 Å². The van der Waals surface area contributed by atoms with E-state index in [-0.39, 0.29) is 16.8 Å². The van der Waals surface area contributed by atoms with Gasteiger partial charge >= 0.3 is 0 Å². The van der Waals surface area contributed by atoms with E-state index < -0.39 is 16.6 Å². The largest absolute Gasteiger partial charge is 0.352 e. The molecule has 0 saturated carbocycles. The van der Waals surface area contributed by atoms with Crippen LogP contribution in [-0.4, -0.2) is 17.4 Å². The van der Waals surface area contributed by atoms with E-state index in [4.69, 9.17) is 0 Å². The Morgan fingerprint density at radius 2 is 2.17 bits per heavy atom. The molecule has 0 saturated heterocycles. The minimum atomic E-state index is -0.713. The van der Waals surface area contributed by atoms with Crippen molar-refractivity contribution >= 4 is 11.6 Å². The number of aryl methyl sites for hydroxylation is 1. The first-order chi connectivity index (χ1) is 8.47. The van der Waals surface area contributed by atoms with Gasteiger partial charge in [-0.05, 0) is 18.9 Å². The van der Waals surface area contributed by atoms with Crippen LogP contribution >= 0.6 is 0 Å². The Labute approximate surface area is 104 Å². The van der Waals surface area contributed by atoms with E-state index >= 15 is 0 Å². The fourth-order valence-corrected chi connectivity index (χ4v) is 1.50. The van der Waals surface area contributed by atoms with Crippen LogP contribution in [0.25, 0.3) is 0 Å². The van der Waals surface area contributed by atoms with Crippen molar-refractivity contribution in [1.82, 2.24) is 5.32 Å². The molecule has 0 fully saturated rings. The molecule has 0 aliphatic carbocycles. The maximum atomic E-state index is 13.7. The van der Waals surface area contributed by atoms with Crippen LogP contribution in [0.15, 0.2) is 12.1 Å². The van der Waals surface area contributed by atoms with Crippen molar-refractivity contribution in [2.24, 2.45) is 0 Å². The second kappa shape index (κ2) is 6.09. The molecule has 18 heavy (non-hydrogen) atoms. The van der Waals surface area contributed by atoms with Crippen LogP contribution in [0.1, 0.15) is 35.7 Å². The highest BCUT2D eigenvalue weighted by atomic mass is 19.1. The van der Waals surface area contributed by atoms with Gasteiger partial charge in [-0.15, -0.1) is 0 Å². The minimum absolute atomic E-state index is 0.0878. The maximum absolute atomic E-state index is 13.7. The van der Waals surface area contributed by atoms with Crippen molar-refractivity contribution in [1.29, 1.82) is 0 Å². The molecule has 0 aliphatic heterocycles. The SMILES string of the molecule is CCCCNC(=O)c1cc([N+](=O)[O-])cc(C)c1F. The lowest BCUT2D eigenvalue weighted by Gasteiger charge is -2.07. The van der Waals surface area contributed by atoms with Gasteiger partial charge in [-0.3, -0.25) is 14.9 Å². The first kappa shape index (κ1) is 14.1. The number of rotatable bonds is 5. The highest BCUT2D eigenvalue weighted by molar-refractivity contribution is 5.95. The summed E-state index contributed by atoms with van der Waals surface area (Å²) in [5.41, 5.74) is -0.475. The number of nitro benzene ring substituents is 1. The summed E-state index contributed by atoms with van der Waals surface area (Å²) >= 11 is 0. The standard InChI is InChI=1S/C12H15FN2O3/c1-3-4-5-14-12(16)10-7-9(15(17)18)6-8(2)11(10)13/h6-7H,3-5H2,1-2H3,(H,14,16). The van der Waals surface area contributed by atoms with Gasteiger partial charge in [-0.2, -0.15) is 0 Å². The molecular formula is C12H15FN2O3. The van der Waals surface area contributed by atoms with Gasteiger partial charge in [0, 0.05) is 18.7 Å². The average Bonchev–Trinajstić information content (AvgIpc) is 2.32. The quantitative estimate of drug-likeness (QED) is 0.498. The average molecular weight is 254 g/mol. The molecule has 6 heteroatoms. The van der Waals surface area contributed by atoms with Gasteiger partial charge in [0.1, 0.15) is 5.82 Å². The molecule has 0 heterocycles. The predicted molar refractivity (Wildman–Crippen MR) is 65.0 cm³/mol. The lowest BCUT2D eigenvalue weighted by atomic mass is 10.1. The van der Waals surface area contributed by atoms with E-state index in [2.05, 4.69) is 5.32 Å². The lowest BCUT2D eigenvalue weighted by Crippen LogP contribution is -2.25. The molecule has 1 aromatic carbocycles. The van der Waals surface area contributed by atoms with E-state index in [9.17, 15) is 19.3 Å². The van der Waals surface area contributed by atoms with E-state index in [0.717, 1.165) is 25.0 Å². The Morgan fingerprint density at radius 3 is 2.72 bits per heavy atom. The predicted octanol–water partition coefficient (Wildman–Crippen LogP) is 2.57. The van der Waals surface area contributed by atoms with E-state index in [0.29, 0.717) is 6.54 Å². The molecule has 0 aromatic heterocycles. The third-order valence-corrected chi connectivity index (χ3v) is 2.51. The van der Waals surface area contributed by atoms with Crippen LogP contribution in [0.5, 0.6) is 0 Å². The van der Waals surface area contributed by atoms with Crippen molar-refractivity contribution < 1.29 is 14.1 Å². The van der Waals surface area contributed by atoms with Crippen LogP contribution in [0.4, 0.5) is 10.1 Å². The zero-order valence-electron chi connectivity index (χ0n) is 10.3. The first-order valence-corrected chi connectivity index (χ1v) is 5.70. The highest BCUT2D eigenvalue weighted by Gasteiger charge is 2.19. The monoisotopic (exact) mass is 254 g/mol. The summed E-state index contributed by atoms with van der Waals surface area (Å²) in [7, 11) is 0. The summed E-state index contributed by atoms with van der Waals surface area (Å²) in [6, 6.07) is 2.07. The number of halogens is 1. The van der Waals surface area contributed by atoms with Crippen molar-refractivity contribution in [3.05, 3.63) is 39.2 Å². The van der Waals surface area contributed by atoms with Crippen molar-refractivity contribution in [2.75, 3.05) is 6.54 Å². The number of nitrogens with zero attached hydrogens (tertiary/aromatic N) is 1. The number of hydrogen-bond donors (Lipinski definition) is 1. The number of nitro groups is 1. The molecule has 98 valence electrons. The number of nitrogens with one attached hydrogen (secondary N) is 1. The Bertz CT molecular complexity index is 475. The minimum Gasteiger partial charge on any atom is -0.352 e. The summed E-state index contributed by atoms with van der Waals surface area (Å²) < 4.78 is 13.7. The summed E-state index contributed by atoms with van der Waals surface area (Å²) in [4.78, 5) is 21.7. The Balaban J connectivity index is 2.99. The fraction of sp³-hybridized carbons (Fsp3) is 0.417. The molecule has 0 spiro atoms. The molecule has 0 unspecified atom stereocenters. The Hall–Kier alpha value is -1.98. The van der Waals surface area contributed by atoms with Crippen LogP contribution in [0, 0.1) is 22.9 Å². The van der Waals surface area contributed by atoms with Gasteiger partial charge < -0.3 is 5.32 Å². The molecule has 5 nitrogen and oxygen atoms in total. The number of carbonyl (C=O) groups is 1. The number of carbonyl (C=O) groups excluding carboxylic acids is 1. The van der Waals surface area contributed by atoms with E-state index in [1.807, 2.05) is 6.92 Å².